The molecule has 0 aliphatic heterocycles. The molecule has 0 saturated heterocycles. The van der Waals surface area contributed by atoms with Crippen LogP contribution in [0.2, 0.25) is 5.02 Å². The fraction of sp³-hybridized carbons (Fsp3) is 0.500. The Bertz CT molecular complexity index is 440. The van der Waals surface area contributed by atoms with Gasteiger partial charge in [-0.3, -0.25) is 4.79 Å². The summed E-state index contributed by atoms with van der Waals surface area (Å²) in [6, 6.07) is 5.81. The number of halogens is 1. The lowest BCUT2D eigenvalue weighted by molar-refractivity contribution is -0.116. The first-order valence-corrected chi connectivity index (χ1v) is 6.97. The van der Waals surface area contributed by atoms with Gasteiger partial charge in [-0.25, -0.2) is 0 Å². The second-order valence-corrected chi connectivity index (χ2v) is 4.84. The van der Waals surface area contributed by atoms with E-state index in [-0.39, 0.29) is 12.5 Å². The predicted molar refractivity (Wildman–Crippen MR) is 82.1 cm³/mol. The van der Waals surface area contributed by atoms with Gasteiger partial charge in [0.1, 0.15) is 0 Å². The van der Waals surface area contributed by atoms with Crippen molar-refractivity contribution in [1.29, 1.82) is 0 Å². The van der Waals surface area contributed by atoms with E-state index < -0.39 is 0 Å². The van der Waals surface area contributed by atoms with Gasteiger partial charge in [0.15, 0.2) is 0 Å². The number of rotatable bonds is 9. The van der Waals surface area contributed by atoms with Crippen molar-refractivity contribution in [2.24, 2.45) is 5.73 Å². The summed E-state index contributed by atoms with van der Waals surface area (Å²) in [7, 11) is 1.67. The molecule has 0 spiro atoms. The molecule has 112 valence electrons. The third-order valence-electron chi connectivity index (χ3n) is 2.89. The van der Waals surface area contributed by atoms with E-state index in [9.17, 15) is 4.79 Å². The Morgan fingerprint density at radius 3 is 2.80 bits per heavy atom. The van der Waals surface area contributed by atoms with Crippen molar-refractivity contribution in [3.63, 3.8) is 0 Å². The third kappa shape index (κ3) is 5.36. The van der Waals surface area contributed by atoms with Crippen LogP contribution in [0.15, 0.2) is 18.2 Å². The van der Waals surface area contributed by atoms with E-state index in [1.54, 1.807) is 7.11 Å². The average molecular weight is 300 g/mol. The topological polar surface area (TPSA) is 67.6 Å². The molecule has 6 heteroatoms. The Labute approximate surface area is 125 Å². The van der Waals surface area contributed by atoms with Gasteiger partial charge >= 0.3 is 0 Å². The minimum absolute atomic E-state index is 0.168. The Kier molecular flexibility index (Phi) is 7.36. The largest absolute Gasteiger partial charge is 0.383 e. The fourth-order valence-electron chi connectivity index (χ4n) is 1.88. The van der Waals surface area contributed by atoms with Crippen LogP contribution in [-0.2, 0) is 16.1 Å². The molecule has 1 rings (SSSR count). The van der Waals surface area contributed by atoms with Gasteiger partial charge in [-0.2, -0.15) is 0 Å². The Morgan fingerprint density at radius 1 is 1.50 bits per heavy atom. The SMILES string of the molecule is CCN(CC(N)=O)c1ccc(CNCCOC)cc1Cl. The summed E-state index contributed by atoms with van der Waals surface area (Å²) in [5.74, 6) is -0.367. The minimum Gasteiger partial charge on any atom is -0.383 e. The summed E-state index contributed by atoms with van der Waals surface area (Å²) in [6.45, 7) is 4.99. The van der Waals surface area contributed by atoms with Crippen LogP contribution < -0.4 is 16.0 Å². The molecular formula is C14H22ClN3O2. The number of nitrogens with one attached hydrogen (secondary N) is 1. The standard InChI is InChI=1S/C14H22ClN3O2/c1-3-18(10-14(16)19)13-5-4-11(8-12(13)15)9-17-6-7-20-2/h4-5,8,17H,3,6-7,9-10H2,1-2H3,(H2,16,19). The highest BCUT2D eigenvalue weighted by atomic mass is 35.5. The lowest BCUT2D eigenvalue weighted by Gasteiger charge is -2.23. The number of benzene rings is 1. The number of carbonyl (C=O) groups excluding carboxylic acids is 1. The Balaban J connectivity index is 2.68. The number of methoxy groups -OCH3 is 1. The molecule has 20 heavy (non-hydrogen) atoms. The summed E-state index contributed by atoms with van der Waals surface area (Å²) in [4.78, 5) is 12.9. The molecule has 0 aliphatic rings. The smallest absolute Gasteiger partial charge is 0.236 e. The van der Waals surface area contributed by atoms with E-state index in [0.29, 0.717) is 18.2 Å². The molecule has 5 nitrogen and oxygen atoms in total. The molecule has 0 unspecified atom stereocenters. The number of amides is 1. The number of hydrogen-bond donors (Lipinski definition) is 2. The van der Waals surface area contributed by atoms with E-state index in [2.05, 4.69) is 5.32 Å². The molecule has 1 aromatic carbocycles. The molecule has 0 aliphatic carbocycles. The summed E-state index contributed by atoms with van der Waals surface area (Å²) in [5.41, 5.74) is 7.15. The summed E-state index contributed by atoms with van der Waals surface area (Å²) < 4.78 is 4.97. The van der Waals surface area contributed by atoms with Crippen molar-refractivity contribution in [2.45, 2.75) is 13.5 Å². The highest BCUT2D eigenvalue weighted by Gasteiger charge is 2.11. The minimum atomic E-state index is -0.367. The molecule has 0 heterocycles. The Hall–Kier alpha value is -1.30. The van der Waals surface area contributed by atoms with Gasteiger partial charge in [-0.05, 0) is 24.6 Å². The van der Waals surface area contributed by atoms with Crippen molar-refractivity contribution in [1.82, 2.24) is 5.32 Å². The van der Waals surface area contributed by atoms with Crippen LogP contribution in [0.25, 0.3) is 0 Å². The number of hydrogen-bond acceptors (Lipinski definition) is 4. The third-order valence-corrected chi connectivity index (χ3v) is 3.20. The molecule has 0 bridgehead atoms. The Morgan fingerprint density at radius 2 is 2.25 bits per heavy atom. The molecule has 0 atom stereocenters. The number of nitrogens with two attached hydrogens (primary N) is 1. The first-order valence-electron chi connectivity index (χ1n) is 6.59. The maximum absolute atomic E-state index is 11.0. The lowest BCUT2D eigenvalue weighted by atomic mass is 10.2. The number of nitrogens with zero attached hydrogens (tertiary/aromatic N) is 1. The molecule has 3 N–H and O–H groups in total. The van der Waals surface area contributed by atoms with Gasteiger partial charge in [-0.15, -0.1) is 0 Å². The van der Waals surface area contributed by atoms with Crippen molar-refractivity contribution in [2.75, 3.05) is 38.3 Å². The zero-order chi connectivity index (χ0) is 15.0. The van der Waals surface area contributed by atoms with Gasteiger partial charge in [0.25, 0.3) is 0 Å². The van der Waals surface area contributed by atoms with E-state index in [4.69, 9.17) is 22.1 Å². The molecule has 1 aromatic rings. The van der Waals surface area contributed by atoms with Gasteiger partial charge in [0, 0.05) is 26.7 Å². The number of carbonyl (C=O) groups is 1. The first kappa shape index (κ1) is 16.8. The number of anilines is 1. The second kappa shape index (κ2) is 8.79. The van der Waals surface area contributed by atoms with Crippen LogP contribution in [0.5, 0.6) is 0 Å². The van der Waals surface area contributed by atoms with Crippen LogP contribution in [0.4, 0.5) is 5.69 Å². The quantitative estimate of drug-likeness (QED) is 0.676. The summed E-state index contributed by atoms with van der Waals surface area (Å²) >= 11 is 6.28. The number of primary amides is 1. The van der Waals surface area contributed by atoms with Crippen LogP contribution in [-0.4, -0.2) is 39.3 Å². The van der Waals surface area contributed by atoms with Gasteiger partial charge in [-0.1, -0.05) is 17.7 Å². The average Bonchev–Trinajstić information content (AvgIpc) is 2.41. The molecule has 1 amide bonds. The number of likely N-dealkylation sites (N-methyl/N-ethyl adjacent to an activating group) is 1. The first-order chi connectivity index (χ1) is 9.58. The van der Waals surface area contributed by atoms with Crippen molar-refractivity contribution < 1.29 is 9.53 Å². The van der Waals surface area contributed by atoms with Crippen molar-refractivity contribution >= 4 is 23.2 Å². The summed E-state index contributed by atoms with van der Waals surface area (Å²) in [6.07, 6.45) is 0. The molecule has 0 radical (unpaired) electrons. The van der Waals surface area contributed by atoms with Crippen LogP contribution in [0.1, 0.15) is 12.5 Å². The van der Waals surface area contributed by atoms with E-state index in [1.165, 1.54) is 0 Å². The van der Waals surface area contributed by atoms with Gasteiger partial charge < -0.3 is 20.7 Å². The van der Waals surface area contributed by atoms with E-state index >= 15 is 0 Å². The lowest BCUT2D eigenvalue weighted by Crippen LogP contribution is -2.33. The zero-order valence-electron chi connectivity index (χ0n) is 12.0. The monoisotopic (exact) mass is 299 g/mol. The van der Waals surface area contributed by atoms with Crippen molar-refractivity contribution in [3.8, 4) is 0 Å². The zero-order valence-corrected chi connectivity index (χ0v) is 12.7. The number of ether oxygens (including phenoxy) is 1. The van der Waals surface area contributed by atoms with Gasteiger partial charge in [0.2, 0.25) is 5.91 Å². The fourth-order valence-corrected chi connectivity index (χ4v) is 2.20. The second-order valence-electron chi connectivity index (χ2n) is 4.44. The van der Waals surface area contributed by atoms with Gasteiger partial charge in [0.05, 0.1) is 23.9 Å². The highest BCUT2D eigenvalue weighted by Crippen LogP contribution is 2.26. The summed E-state index contributed by atoms with van der Waals surface area (Å²) in [5, 5.41) is 3.88. The molecule has 0 saturated carbocycles. The van der Waals surface area contributed by atoms with Crippen LogP contribution in [0, 0.1) is 0 Å². The molecule has 0 aromatic heterocycles. The van der Waals surface area contributed by atoms with E-state index in [0.717, 1.165) is 24.3 Å². The normalized spacial score (nSPS) is 10.6. The maximum atomic E-state index is 11.0. The predicted octanol–water partition coefficient (Wildman–Crippen LogP) is 1.39. The molecule has 0 fully saturated rings. The highest BCUT2D eigenvalue weighted by molar-refractivity contribution is 6.33. The van der Waals surface area contributed by atoms with Crippen LogP contribution in [0.3, 0.4) is 0 Å². The maximum Gasteiger partial charge on any atom is 0.236 e. The van der Waals surface area contributed by atoms with Crippen molar-refractivity contribution in [3.05, 3.63) is 28.8 Å². The van der Waals surface area contributed by atoms with E-state index in [1.807, 2.05) is 30.0 Å². The molecular weight excluding hydrogens is 278 g/mol. The van der Waals surface area contributed by atoms with Crippen LogP contribution >= 0.6 is 11.6 Å².